The molecule has 0 fully saturated rings. The Morgan fingerprint density at radius 2 is 1.41 bits per heavy atom. The van der Waals surface area contributed by atoms with E-state index < -0.39 is 5.54 Å². The number of benzene rings is 3. The van der Waals surface area contributed by atoms with E-state index in [2.05, 4.69) is 6.07 Å². The van der Waals surface area contributed by atoms with Gasteiger partial charge in [-0.3, -0.25) is 4.79 Å². The summed E-state index contributed by atoms with van der Waals surface area (Å²) >= 11 is 0. The summed E-state index contributed by atoms with van der Waals surface area (Å²) in [7, 11) is 0. The van der Waals surface area contributed by atoms with Gasteiger partial charge in [0.2, 0.25) is 0 Å². The zero-order chi connectivity index (χ0) is 19.1. The molecule has 1 unspecified atom stereocenters. The minimum Gasteiger partial charge on any atom is -0.316 e. The summed E-state index contributed by atoms with van der Waals surface area (Å²) in [5, 5.41) is 10.1. The van der Waals surface area contributed by atoms with E-state index in [4.69, 9.17) is 0 Å². The number of rotatable bonds is 6. The van der Waals surface area contributed by atoms with Crippen LogP contribution < -0.4 is 0 Å². The van der Waals surface area contributed by atoms with Crippen LogP contribution in [0.4, 0.5) is 0 Å². The highest BCUT2D eigenvalue weighted by Crippen LogP contribution is 2.29. The molecule has 3 nitrogen and oxygen atoms in total. The average Bonchev–Trinajstić information content (AvgIpc) is 2.75. The lowest BCUT2D eigenvalue weighted by molar-refractivity contribution is 0.0609. The van der Waals surface area contributed by atoms with Crippen LogP contribution in [-0.2, 0) is 12.0 Å². The van der Waals surface area contributed by atoms with Crippen LogP contribution in [0.2, 0.25) is 0 Å². The smallest absolute Gasteiger partial charge is 0.255 e. The highest BCUT2D eigenvalue weighted by Gasteiger charge is 2.37. The van der Waals surface area contributed by atoms with Crippen molar-refractivity contribution in [3.05, 3.63) is 108 Å². The standard InChI is InChI=1S/C24H22N2O/c1-24(19-25,22-15-9-4-10-16-22)26(18-17-20-11-5-2-6-12-20)23(27)21-13-7-3-8-14-21/h2-16H,17-18H2,1H3. The third-order valence-corrected chi connectivity index (χ3v) is 4.83. The molecule has 0 saturated heterocycles. The molecular weight excluding hydrogens is 332 g/mol. The van der Waals surface area contributed by atoms with E-state index in [-0.39, 0.29) is 5.91 Å². The maximum Gasteiger partial charge on any atom is 0.255 e. The molecule has 0 saturated carbocycles. The quantitative estimate of drug-likeness (QED) is 0.637. The fourth-order valence-electron chi connectivity index (χ4n) is 3.19. The fourth-order valence-corrected chi connectivity index (χ4v) is 3.19. The van der Waals surface area contributed by atoms with Crippen molar-refractivity contribution in [2.45, 2.75) is 18.9 Å². The molecule has 0 aliphatic rings. The van der Waals surface area contributed by atoms with Crippen molar-refractivity contribution in [1.29, 1.82) is 5.26 Å². The lowest BCUT2D eigenvalue weighted by atomic mass is 9.90. The Labute approximate surface area is 160 Å². The number of hydrogen-bond acceptors (Lipinski definition) is 2. The van der Waals surface area contributed by atoms with Gasteiger partial charge < -0.3 is 4.90 Å². The molecule has 134 valence electrons. The van der Waals surface area contributed by atoms with Gasteiger partial charge in [0.25, 0.3) is 5.91 Å². The van der Waals surface area contributed by atoms with Crippen LogP contribution >= 0.6 is 0 Å². The van der Waals surface area contributed by atoms with Gasteiger partial charge in [-0.2, -0.15) is 5.26 Å². The van der Waals surface area contributed by atoms with Crippen molar-refractivity contribution in [2.24, 2.45) is 0 Å². The van der Waals surface area contributed by atoms with Gasteiger partial charge >= 0.3 is 0 Å². The third kappa shape index (κ3) is 4.07. The Bertz CT molecular complexity index is 917. The molecule has 0 bridgehead atoms. The van der Waals surface area contributed by atoms with Crippen LogP contribution in [-0.4, -0.2) is 17.4 Å². The Kier molecular flexibility index (Phi) is 5.68. The molecule has 27 heavy (non-hydrogen) atoms. The lowest BCUT2D eigenvalue weighted by Crippen LogP contribution is -2.47. The summed E-state index contributed by atoms with van der Waals surface area (Å²) in [5.41, 5.74) is 1.48. The first-order valence-electron chi connectivity index (χ1n) is 9.03. The first kappa shape index (κ1) is 18.4. The van der Waals surface area contributed by atoms with Gasteiger partial charge in [-0.1, -0.05) is 78.9 Å². The molecule has 1 atom stereocenters. The van der Waals surface area contributed by atoms with Gasteiger partial charge in [-0.05, 0) is 36.6 Å². The lowest BCUT2D eigenvalue weighted by Gasteiger charge is -2.36. The van der Waals surface area contributed by atoms with E-state index >= 15 is 0 Å². The van der Waals surface area contributed by atoms with Crippen LogP contribution in [0.3, 0.4) is 0 Å². The molecule has 0 radical (unpaired) electrons. The number of carbonyl (C=O) groups excluding carboxylic acids is 1. The largest absolute Gasteiger partial charge is 0.316 e. The van der Waals surface area contributed by atoms with Crippen LogP contribution in [0.15, 0.2) is 91.0 Å². The van der Waals surface area contributed by atoms with Crippen molar-refractivity contribution in [3.63, 3.8) is 0 Å². The predicted molar refractivity (Wildman–Crippen MR) is 107 cm³/mol. The van der Waals surface area contributed by atoms with Crippen LogP contribution in [0.5, 0.6) is 0 Å². The summed E-state index contributed by atoms with van der Waals surface area (Å²) in [6, 6.07) is 31.1. The molecule has 0 aromatic heterocycles. The van der Waals surface area contributed by atoms with Gasteiger partial charge in [0.15, 0.2) is 5.54 Å². The van der Waals surface area contributed by atoms with Crippen molar-refractivity contribution in [3.8, 4) is 6.07 Å². The number of nitrogens with zero attached hydrogens (tertiary/aromatic N) is 2. The van der Waals surface area contributed by atoms with Gasteiger partial charge in [0, 0.05) is 12.1 Å². The second kappa shape index (κ2) is 8.33. The molecule has 1 amide bonds. The van der Waals surface area contributed by atoms with Crippen molar-refractivity contribution in [2.75, 3.05) is 6.54 Å². The van der Waals surface area contributed by atoms with E-state index in [0.717, 1.165) is 11.1 Å². The third-order valence-electron chi connectivity index (χ3n) is 4.83. The van der Waals surface area contributed by atoms with Crippen molar-refractivity contribution < 1.29 is 4.79 Å². The second-order valence-corrected chi connectivity index (χ2v) is 6.61. The van der Waals surface area contributed by atoms with Crippen LogP contribution in [0.1, 0.15) is 28.4 Å². The summed E-state index contributed by atoms with van der Waals surface area (Å²) in [5.74, 6) is -0.139. The molecular formula is C24H22N2O. The normalized spacial score (nSPS) is 12.6. The van der Waals surface area contributed by atoms with Crippen molar-refractivity contribution >= 4 is 5.91 Å². The molecule has 0 aliphatic heterocycles. The van der Waals surface area contributed by atoms with Gasteiger partial charge in [0.1, 0.15) is 0 Å². The molecule has 0 heterocycles. The minimum atomic E-state index is -1.05. The minimum absolute atomic E-state index is 0.139. The highest BCUT2D eigenvalue weighted by atomic mass is 16.2. The summed E-state index contributed by atoms with van der Waals surface area (Å²) < 4.78 is 0. The zero-order valence-electron chi connectivity index (χ0n) is 15.4. The van der Waals surface area contributed by atoms with E-state index in [1.54, 1.807) is 17.0 Å². The Balaban J connectivity index is 1.98. The summed E-state index contributed by atoms with van der Waals surface area (Å²) in [6.45, 7) is 2.27. The number of hydrogen-bond donors (Lipinski definition) is 0. The van der Waals surface area contributed by atoms with Crippen LogP contribution in [0.25, 0.3) is 0 Å². The Hall–Kier alpha value is -3.38. The van der Waals surface area contributed by atoms with Crippen molar-refractivity contribution in [1.82, 2.24) is 4.90 Å². The van der Waals surface area contributed by atoms with Gasteiger partial charge in [-0.15, -0.1) is 0 Å². The SMILES string of the molecule is CC(C#N)(c1ccccc1)N(CCc1ccccc1)C(=O)c1ccccc1. The molecule has 3 aromatic rings. The number of nitriles is 1. The van der Waals surface area contributed by atoms with E-state index in [0.29, 0.717) is 18.5 Å². The number of amides is 1. The Morgan fingerprint density at radius 1 is 0.889 bits per heavy atom. The maximum atomic E-state index is 13.3. The number of carbonyl (C=O) groups is 1. The zero-order valence-corrected chi connectivity index (χ0v) is 15.4. The fraction of sp³-hybridized carbons (Fsp3) is 0.167. The first-order chi connectivity index (χ1) is 13.1. The van der Waals surface area contributed by atoms with Crippen LogP contribution in [0, 0.1) is 11.3 Å². The first-order valence-corrected chi connectivity index (χ1v) is 9.03. The highest BCUT2D eigenvalue weighted by molar-refractivity contribution is 5.95. The molecule has 3 rings (SSSR count). The van der Waals surface area contributed by atoms with E-state index in [1.165, 1.54) is 0 Å². The van der Waals surface area contributed by atoms with Gasteiger partial charge in [0.05, 0.1) is 6.07 Å². The molecule has 0 N–H and O–H groups in total. The second-order valence-electron chi connectivity index (χ2n) is 6.61. The maximum absolute atomic E-state index is 13.3. The molecule has 0 spiro atoms. The topological polar surface area (TPSA) is 44.1 Å². The monoisotopic (exact) mass is 354 g/mol. The summed E-state index contributed by atoms with van der Waals surface area (Å²) in [6.07, 6.45) is 0.684. The van der Waals surface area contributed by atoms with Gasteiger partial charge in [-0.25, -0.2) is 0 Å². The predicted octanol–water partition coefficient (Wildman–Crippen LogP) is 4.81. The van der Waals surface area contributed by atoms with E-state index in [1.807, 2.05) is 85.8 Å². The Morgan fingerprint density at radius 3 is 1.96 bits per heavy atom. The molecule has 3 heteroatoms. The molecule has 0 aliphatic carbocycles. The molecule has 3 aromatic carbocycles. The summed E-state index contributed by atoms with van der Waals surface area (Å²) in [4.78, 5) is 15.0. The average molecular weight is 354 g/mol. The van der Waals surface area contributed by atoms with E-state index in [9.17, 15) is 10.1 Å².